The highest BCUT2D eigenvalue weighted by Crippen LogP contribution is 2.23. The summed E-state index contributed by atoms with van der Waals surface area (Å²) >= 11 is 0. The van der Waals surface area contributed by atoms with Gasteiger partial charge in [0.15, 0.2) is 5.65 Å². The van der Waals surface area contributed by atoms with E-state index < -0.39 is 10.1 Å². The molecule has 3 aromatic rings. The van der Waals surface area contributed by atoms with Crippen LogP contribution in [0, 0.1) is 6.92 Å². The molecule has 2 heterocycles. The predicted molar refractivity (Wildman–Crippen MR) is 96.5 cm³/mol. The minimum absolute atomic E-state index is 0.0262. The van der Waals surface area contributed by atoms with E-state index in [-0.39, 0.29) is 16.4 Å². The Hall–Kier alpha value is -2.74. The maximum absolute atomic E-state index is 12.5. The van der Waals surface area contributed by atoms with Gasteiger partial charge in [-0.15, -0.1) is 0 Å². The lowest BCUT2D eigenvalue weighted by Gasteiger charge is -2.08. The van der Waals surface area contributed by atoms with Crippen LogP contribution >= 0.6 is 0 Å². The van der Waals surface area contributed by atoms with Gasteiger partial charge in [-0.2, -0.15) is 13.5 Å². The average Bonchev–Trinajstić information content (AvgIpc) is 2.88. The molecule has 3 rings (SSSR count). The third-order valence-electron chi connectivity index (χ3n) is 4.02. The van der Waals surface area contributed by atoms with Gasteiger partial charge in [0.2, 0.25) is 0 Å². The smallest absolute Gasteiger partial charge is 0.340 e. The second-order valence-corrected chi connectivity index (χ2v) is 7.68. The van der Waals surface area contributed by atoms with Gasteiger partial charge in [0.25, 0.3) is 0 Å². The van der Waals surface area contributed by atoms with Crippen molar-refractivity contribution in [2.24, 2.45) is 7.05 Å². The number of ketones is 1. The largest absolute Gasteiger partial charge is 0.379 e. The highest BCUT2D eigenvalue weighted by molar-refractivity contribution is 7.87. The minimum Gasteiger partial charge on any atom is -0.379 e. The minimum atomic E-state index is -4.00. The number of aromatic nitrogens is 3. The van der Waals surface area contributed by atoms with E-state index in [9.17, 15) is 13.2 Å². The van der Waals surface area contributed by atoms with Crippen LogP contribution in [-0.4, -0.2) is 29.0 Å². The average molecular weight is 373 g/mol. The van der Waals surface area contributed by atoms with Gasteiger partial charge in [-0.3, -0.25) is 4.68 Å². The van der Waals surface area contributed by atoms with Crippen molar-refractivity contribution < 1.29 is 17.4 Å². The van der Waals surface area contributed by atoms with E-state index in [1.54, 1.807) is 49.8 Å². The highest BCUT2D eigenvalue weighted by atomic mass is 32.2. The summed E-state index contributed by atoms with van der Waals surface area (Å²) in [6.45, 7) is 3.33. The molecule has 0 aliphatic heterocycles. The van der Waals surface area contributed by atoms with E-state index in [0.717, 1.165) is 5.56 Å². The van der Waals surface area contributed by atoms with E-state index in [2.05, 4.69) is 10.1 Å². The van der Waals surface area contributed by atoms with Crippen LogP contribution in [0.2, 0.25) is 0 Å². The van der Waals surface area contributed by atoms with Crippen molar-refractivity contribution in [1.29, 1.82) is 0 Å². The van der Waals surface area contributed by atoms with Crippen molar-refractivity contribution in [2.45, 2.75) is 31.6 Å². The molecule has 0 fully saturated rings. The van der Waals surface area contributed by atoms with E-state index >= 15 is 0 Å². The number of aryl methyl sites for hydroxylation is 3. The Morgan fingerprint density at radius 3 is 2.58 bits per heavy atom. The lowest BCUT2D eigenvalue weighted by Crippen LogP contribution is -2.10. The van der Waals surface area contributed by atoms with Crippen LogP contribution in [0.3, 0.4) is 0 Å². The molecule has 0 aliphatic rings. The van der Waals surface area contributed by atoms with Gasteiger partial charge in [0, 0.05) is 18.9 Å². The van der Waals surface area contributed by atoms with Crippen molar-refractivity contribution in [1.82, 2.24) is 14.8 Å². The van der Waals surface area contributed by atoms with Crippen molar-refractivity contribution in [3.05, 3.63) is 47.8 Å². The summed E-state index contributed by atoms with van der Waals surface area (Å²) in [5, 5.41) is 4.90. The lowest BCUT2D eigenvalue weighted by molar-refractivity contribution is -0.116. The summed E-state index contributed by atoms with van der Waals surface area (Å²) in [5.41, 5.74) is 2.25. The molecule has 8 heteroatoms. The van der Waals surface area contributed by atoms with Crippen LogP contribution in [0.15, 0.2) is 41.4 Å². The summed E-state index contributed by atoms with van der Waals surface area (Å²) in [7, 11) is -2.25. The summed E-state index contributed by atoms with van der Waals surface area (Å²) in [6, 6.07) is 8.17. The molecule has 0 amide bonds. The van der Waals surface area contributed by atoms with E-state index in [4.69, 9.17) is 4.18 Å². The zero-order valence-corrected chi connectivity index (χ0v) is 15.6. The molecule has 0 saturated carbocycles. The van der Waals surface area contributed by atoms with Crippen LogP contribution in [0.25, 0.3) is 11.0 Å². The van der Waals surface area contributed by atoms with Crippen molar-refractivity contribution in [3.8, 4) is 5.75 Å². The number of carbonyl (C=O) groups excluding carboxylic acids is 1. The molecule has 2 aromatic heterocycles. The number of Topliss-reactive ketones (excluding diaryl/α,β-unsaturated/α-hetero) is 1. The van der Waals surface area contributed by atoms with Gasteiger partial charge < -0.3 is 8.98 Å². The number of carbonyl (C=O) groups is 1. The van der Waals surface area contributed by atoms with Gasteiger partial charge in [-0.1, -0.05) is 12.1 Å². The molecule has 136 valence electrons. The first-order chi connectivity index (χ1) is 12.3. The Bertz CT molecular complexity index is 1070. The summed E-state index contributed by atoms with van der Waals surface area (Å²) in [6.07, 6.45) is 2.33. The van der Waals surface area contributed by atoms with E-state index in [0.29, 0.717) is 29.6 Å². The Labute approximate surface area is 151 Å². The van der Waals surface area contributed by atoms with Gasteiger partial charge in [0.05, 0.1) is 11.9 Å². The molecule has 0 spiro atoms. The molecule has 0 atom stereocenters. The van der Waals surface area contributed by atoms with Gasteiger partial charge in [-0.25, -0.2) is 4.98 Å². The second-order valence-electron chi connectivity index (χ2n) is 6.13. The fraction of sp³-hybridized carbons (Fsp3) is 0.278. The second kappa shape index (κ2) is 6.87. The number of rotatable bonds is 6. The molecular formula is C18H19N3O4S. The Kier molecular flexibility index (Phi) is 4.78. The first-order valence-electron chi connectivity index (χ1n) is 8.08. The fourth-order valence-corrected chi connectivity index (χ4v) is 3.54. The third-order valence-corrected chi connectivity index (χ3v) is 5.23. The molecule has 0 radical (unpaired) electrons. The maximum atomic E-state index is 12.5. The molecule has 7 nitrogen and oxygen atoms in total. The van der Waals surface area contributed by atoms with Crippen LogP contribution < -0.4 is 4.18 Å². The SMILES string of the molecule is CC(=O)CCc1ccc(OS(=O)(=O)c2cnc3c(c2)c(C)nn3C)cc1. The Morgan fingerprint density at radius 1 is 1.23 bits per heavy atom. The fourth-order valence-electron chi connectivity index (χ4n) is 2.63. The lowest BCUT2D eigenvalue weighted by atomic mass is 10.1. The molecule has 0 unspecified atom stereocenters. The number of hydrogen-bond donors (Lipinski definition) is 0. The number of pyridine rings is 1. The first kappa shape index (κ1) is 18.1. The zero-order chi connectivity index (χ0) is 18.9. The topological polar surface area (TPSA) is 91.2 Å². The monoisotopic (exact) mass is 373 g/mol. The maximum Gasteiger partial charge on any atom is 0.340 e. The summed E-state index contributed by atoms with van der Waals surface area (Å²) < 4.78 is 31.9. The Balaban J connectivity index is 1.82. The van der Waals surface area contributed by atoms with Gasteiger partial charge in [-0.05, 0) is 44.0 Å². The quantitative estimate of drug-likeness (QED) is 0.617. The number of benzene rings is 1. The van der Waals surface area contributed by atoms with E-state index in [1.165, 1.54) is 12.3 Å². The summed E-state index contributed by atoms with van der Waals surface area (Å²) in [4.78, 5) is 15.2. The molecule has 0 saturated heterocycles. The number of fused-ring (bicyclic) bond motifs is 1. The third kappa shape index (κ3) is 3.75. The molecule has 0 aliphatic carbocycles. The van der Waals surface area contributed by atoms with Crippen LogP contribution in [-0.2, 0) is 28.4 Å². The molecule has 0 bridgehead atoms. The number of hydrogen-bond acceptors (Lipinski definition) is 6. The van der Waals surface area contributed by atoms with Crippen LogP contribution in [0.5, 0.6) is 5.75 Å². The van der Waals surface area contributed by atoms with Crippen molar-refractivity contribution >= 4 is 26.9 Å². The zero-order valence-electron chi connectivity index (χ0n) is 14.8. The van der Waals surface area contributed by atoms with Crippen molar-refractivity contribution in [3.63, 3.8) is 0 Å². The highest BCUT2D eigenvalue weighted by Gasteiger charge is 2.19. The number of nitrogens with zero attached hydrogens (tertiary/aromatic N) is 3. The van der Waals surface area contributed by atoms with Gasteiger partial charge >= 0.3 is 10.1 Å². The Morgan fingerprint density at radius 2 is 1.92 bits per heavy atom. The molecule has 1 aromatic carbocycles. The van der Waals surface area contributed by atoms with E-state index in [1.807, 2.05) is 0 Å². The standard InChI is InChI=1S/C18H19N3O4S/c1-12(22)4-5-14-6-8-15(9-7-14)25-26(23,24)16-10-17-13(2)20-21(3)18(17)19-11-16/h6-11H,4-5H2,1-3H3. The molecular weight excluding hydrogens is 354 g/mol. The first-order valence-corrected chi connectivity index (χ1v) is 9.49. The van der Waals surface area contributed by atoms with Crippen LogP contribution in [0.1, 0.15) is 24.6 Å². The van der Waals surface area contributed by atoms with Crippen molar-refractivity contribution in [2.75, 3.05) is 0 Å². The van der Waals surface area contributed by atoms with Gasteiger partial charge in [0.1, 0.15) is 16.4 Å². The molecule has 26 heavy (non-hydrogen) atoms. The normalized spacial score (nSPS) is 11.7. The predicted octanol–water partition coefficient (Wildman–Crippen LogP) is 2.57. The molecule has 0 N–H and O–H groups in total. The summed E-state index contributed by atoms with van der Waals surface area (Å²) in [5.74, 6) is 0.320. The van der Waals surface area contributed by atoms with Crippen LogP contribution in [0.4, 0.5) is 0 Å².